The molecular weight excluding hydrogens is 310 g/mol. The van der Waals surface area contributed by atoms with Crippen LogP contribution in [-0.2, 0) is 16.0 Å². The van der Waals surface area contributed by atoms with Crippen LogP contribution in [0.5, 0.6) is 0 Å². The molecule has 1 aliphatic heterocycles. The summed E-state index contributed by atoms with van der Waals surface area (Å²) in [6.07, 6.45) is 1.08. The minimum atomic E-state index is -0.210. The Labute approximate surface area is 139 Å². The summed E-state index contributed by atoms with van der Waals surface area (Å²) < 4.78 is 0. The molecule has 120 valence electrons. The largest absolute Gasteiger partial charge is 0.335 e. The lowest BCUT2D eigenvalue weighted by molar-refractivity contribution is -0.132. The number of fused-ring (bicyclic) bond motifs is 1. The molecule has 0 radical (unpaired) electrons. The fourth-order valence-electron chi connectivity index (χ4n) is 3.01. The number of hydrogen-bond acceptors (Lipinski definition) is 4. The number of nitrogens with zero attached hydrogens (tertiary/aromatic N) is 2. The van der Waals surface area contributed by atoms with Crippen molar-refractivity contribution in [3.63, 3.8) is 0 Å². The zero-order valence-corrected chi connectivity index (χ0v) is 14.0. The predicted octanol–water partition coefficient (Wildman–Crippen LogP) is 2.93. The first-order chi connectivity index (χ1) is 11.0. The SMILES string of the molecule is CC(=O)N1CCc2ccccc2C1CC(=O)Nc1nc(C)cs1. The molecule has 5 nitrogen and oxygen atoms in total. The fraction of sp³-hybridized carbons (Fsp3) is 0.353. The Morgan fingerprint density at radius 1 is 1.39 bits per heavy atom. The van der Waals surface area contributed by atoms with Gasteiger partial charge in [0, 0.05) is 18.8 Å². The highest BCUT2D eigenvalue weighted by molar-refractivity contribution is 7.13. The standard InChI is InChI=1S/C17H19N3O2S/c1-11-10-23-17(18-11)19-16(22)9-15-14-6-4-3-5-13(14)7-8-20(15)12(2)21/h3-6,10,15H,7-9H2,1-2H3,(H,18,19,22). The molecule has 1 unspecified atom stereocenters. The Bertz CT molecular complexity index is 741. The number of amides is 2. The Morgan fingerprint density at radius 2 is 2.17 bits per heavy atom. The molecule has 6 heteroatoms. The third-order valence-corrected chi connectivity index (χ3v) is 4.94. The van der Waals surface area contributed by atoms with Gasteiger partial charge in [0.1, 0.15) is 0 Å². The van der Waals surface area contributed by atoms with Gasteiger partial charge in [-0.3, -0.25) is 9.59 Å². The maximum Gasteiger partial charge on any atom is 0.228 e. The number of carbonyl (C=O) groups excluding carboxylic acids is 2. The maximum atomic E-state index is 12.4. The lowest BCUT2D eigenvalue weighted by atomic mass is 9.90. The summed E-state index contributed by atoms with van der Waals surface area (Å²) in [5, 5.41) is 5.33. The lowest BCUT2D eigenvalue weighted by Crippen LogP contribution is -2.40. The van der Waals surface area contributed by atoms with Gasteiger partial charge in [-0.15, -0.1) is 11.3 Å². The van der Waals surface area contributed by atoms with Crippen molar-refractivity contribution in [3.8, 4) is 0 Å². The highest BCUT2D eigenvalue weighted by Crippen LogP contribution is 2.32. The summed E-state index contributed by atoms with van der Waals surface area (Å²) in [7, 11) is 0. The van der Waals surface area contributed by atoms with Crippen LogP contribution in [0.1, 0.15) is 36.2 Å². The summed E-state index contributed by atoms with van der Waals surface area (Å²) in [6.45, 7) is 4.10. The molecule has 3 rings (SSSR count). The van der Waals surface area contributed by atoms with Crippen LogP contribution in [0.15, 0.2) is 29.6 Å². The van der Waals surface area contributed by atoms with Crippen LogP contribution in [0.2, 0.25) is 0 Å². The minimum absolute atomic E-state index is 0.00222. The predicted molar refractivity (Wildman–Crippen MR) is 90.4 cm³/mol. The second-order valence-electron chi connectivity index (χ2n) is 5.72. The van der Waals surface area contributed by atoms with E-state index >= 15 is 0 Å². The summed E-state index contributed by atoms with van der Waals surface area (Å²) >= 11 is 1.41. The summed E-state index contributed by atoms with van der Waals surface area (Å²) in [6, 6.07) is 7.83. The number of rotatable bonds is 3. The number of anilines is 1. The highest BCUT2D eigenvalue weighted by atomic mass is 32.1. The Balaban J connectivity index is 1.80. The van der Waals surface area contributed by atoms with Gasteiger partial charge in [0.2, 0.25) is 11.8 Å². The minimum Gasteiger partial charge on any atom is -0.335 e. The number of benzene rings is 1. The van der Waals surface area contributed by atoms with Crippen molar-refractivity contribution in [2.75, 3.05) is 11.9 Å². The van der Waals surface area contributed by atoms with Crippen LogP contribution in [0.4, 0.5) is 5.13 Å². The van der Waals surface area contributed by atoms with Crippen LogP contribution in [0.25, 0.3) is 0 Å². The lowest BCUT2D eigenvalue weighted by Gasteiger charge is -2.36. The van der Waals surface area contributed by atoms with E-state index in [0.717, 1.165) is 17.7 Å². The normalized spacial score (nSPS) is 16.8. The van der Waals surface area contributed by atoms with Crippen molar-refractivity contribution in [3.05, 3.63) is 46.5 Å². The molecule has 23 heavy (non-hydrogen) atoms. The number of thiazole rings is 1. The van der Waals surface area contributed by atoms with E-state index in [9.17, 15) is 9.59 Å². The van der Waals surface area contributed by atoms with Crippen molar-refractivity contribution in [1.29, 1.82) is 0 Å². The zero-order chi connectivity index (χ0) is 16.4. The first-order valence-electron chi connectivity index (χ1n) is 7.61. The van der Waals surface area contributed by atoms with E-state index in [-0.39, 0.29) is 24.3 Å². The second-order valence-corrected chi connectivity index (χ2v) is 6.58. The molecule has 1 N–H and O–H groups in total. The van der Waals surface area contributed by atoms with E-state index in [1.54, 1.807) is 11.8 Å². The molecule has 1 aromatic carbocycles. The summed E-state index contributed by atoms with van der Waals surface area (Å²) in [4.78, 5) is 30.4. The molecule has 0 saturated carbocycles. The van der Waals surface area contributed by atoms with E-state index in [4.69, 9.17) is 0 Å². The average molecular weight is 329 g/mol. The Kier molecular flexibility index (Phi) is 4.43. The van der Waals surface area contributed by atoms with Crippen molar-refractivity contribution < 1.29 is 9.59 Å². The topological polar surface area (TPSA) is 62.3 Å². The third-order valence-electron chi connectivity index (χ3n) is 4.06. The molecule has 2 heterocycles. The van der Waals surface area contributed by atoms with Crippen molar-refractivity contribution in [2.45, 2.75) is 32.7 Å². The van der Waals surface area contributed by atoms with Crippen molar-refractivity contribution in [2.24, 2.45) is 0 Å². The molecule has 0 spiro atoms. The smallest absolute Gasteiger partial charge is 0.228 e. The van der Waals surface area contributed by atoms with Crippen LogP contribution in [0.3, 0.4) is 0 Å². The van der Waals surface area contributed by atoms with Crippen LogP contribution >= 0.6 is 11.3 Å². The van der Waals surface area contributed by atoms with Gasteiger partial charge in [0.25, 0.3) is 0 Å². The second kappa shape index (κ2) is 6.50. The molecule has 1 aromatic heterocycles. The number of nitrogens with one attached hydrogen (secondary N) is 1. The quantitative estimate of drug-likeness (QED) is 0.942. The Hall–Kier alpha value is -2.21. The number of carbonyl (C=O) groups is 2. The van der Waals surface area contributed by atoms with Crippen molar-refractivity contribution >= 4 is 28.3 Å². The van der Waals surface area contributed by atoms with E-state index in [1.165, 1.54) is 16.9 Å². The van der Waals surface area contributed by atoms with Gasteiger partial charge >= 0.3 is 0 Å². The van der Waals surface area contributed by atoms with Gasteiger partial charge in [-0.1, -0.05) is 24.3 Å². The molecule has 0 saturated heterocycles. The summed E-state index contributed by atoms with van der Waals surface area (Å²) in [5.41, 5.74) is 3.17. The third kappa shape index (κ3) is 3.42. The van der Waals surface area contributed by atoms with Crippen LogP contribution in [0, 0.1) is 6.92 Å². The maximum absolute atomic E-state index is 12.4. The first-order valence-corrected chi connectivity index (χ1v) is 8.49. The van der Waals surface area contributed by atoms with E-state index in [0.29, 0.717) is 11.7 Å². The van der Waals surface area contributed by atoms with E-state index in [2.05, 4.69) is 16.4 Å². The molecule has 2 amide bonds. The first kappa shape index (κ1) is 15.7. The summed E-state index contributed by atoms with van der Waals surface area (Å²) in [5.74, 6) is -0.116. The van der Waals surface area contributed by atoms with Gasteiger partial charge in [-0.05, 0) is 24.5 Å². The zero-order valence-electron chi connectivity index (χ0n) is 13.2. The molecule has 1 aliphatic rings. The van der Waals surface area contributed by atoms with Gasteiger partial charge in [-0.2, -0.15) is 0 Å². The van der Waals surface area contributed by atoms with Crippen LogP contribution in [-0.4, -0.2) is 28.2 Å². The molecule has 0 bridgehead atoms. The molecule has 2 aromatic rings. The highest BCUT2D eigenvalue weighted by Gasteiger charge is 2.30. The van der Waals surface area contributed by atoms with Gasteiger partial charge in [0.15, 0.2) is 5.13 Å². The van der Waals surface area contributed by atoms with Gasteiger partial charge in [-0.25, -0.2) is 4.98 Å². The number of aromatic nitrogens is 1. The average Bonchev–Trinajstić information content (AvgIpc) is 2.92. The molecular formula is C17H19N3O2S. The van der Waals surface area contributed by atoms with Crippen LogP contribution < -0.4 is 5.32 Å². The number of aryl methyl sites for hydroxylation is 1. The number of hydrogen-bond donors (Lipinski definition) is 1. The van der Waals surface area contributed by atoms with Gasteiger partial charge < -0.3 is 10.2 Å². The monoisotopic (exact) mass is 329 g/mol. The fourth-order valence-corrected chi connectivity index (χ4v) is 3.71. The van der Waals surface area contributed by atoms with E-state index in [1.807, 2.05) is 30.5 Å². The Morgan fingerprint density at radius 3 is 2.87 bits per heavy atom. The molecule has 0 fully saturated rings. The van der Waals surface area contributed by atoms with Crippen molar-refractivity contribution in [1.82, 2.24) is 9.88 Å². The van der Waals surface area contributed by atoms with E-state index < -0.39 is 0 Å². The molecule has 0 aliphatic carbocycles. The molecule has 1 atom stereocenters. The van der Waals surface area contributed by atoms with Gasteiger partial charge in [0.05, 0.1) is 18.2 Å².